The van der Waals surface area contributed by atoms with Gasteiger partial charge in [0.1, 0.15) is 11.5 Å². The van der Waals surface area contributed by atoms with E-state index in [0.717, 1.165) is 16.2 Å². The molecule has 0 bridgehead atoms. The first-order valence-electron chi connectivity index (χ1n) is 10.4. The first-order chi connectivity index (χ1) is 14.0. The minimum atomic E-state index is 0.329. The zero-order valence-corrected chi connectivity index (χ0v) is 18.5. The standard InChI is InChI=1S/C13H14O.C10H8O.2C2H6/c1-9(2)10-3-4-12-8-13(14)6-5-11(12)7-10;11-10-7-3-5-8-4-1-2-6-9(8)10;2*1-2/h3-9,14H,1-2H3;1-7,11H;2*1-2H3. The van der Waals surface area contributed by atoms with Crippen LogP contribution in [0.2, 0.25) is 0 Å². The maximum Gasteiger partial charge on any atom is 0.123 e. The van der Waals surface area contributed by atoms with Gasteiger partial charge in [-0.2, -0.15) is 0 Å². The summed E-state index contributed by atoms with van der Waals surface area (Å²) in [5.41, 5.74) is 1.34. The van der Waals surface area contributed by atoms with Crippen LogP contribution in [0.4, 0.5) is 0 Å². The lowest BCUT2D eigenvalue weighted by Gasteiger charge is -2.06. The van der Waals surface area contributed by atoms with Crippen molar-refractivity contribution < 1.29 is 10.2 Å². The zero-order valence-electron chi connectivity index (χ0n) is 18.5. The van der Waals surface area contributed by atoms with E-state index in [2.05, 4.69) is 32.0 Å². The number of phenolic OH excluding ortho intramolecular Hbond substituents is 2. The number of hydrogen-bond acceptors (Lipinski definition) is 2. The SMILES string of the molecule is CC.CC.CC(C)c1ccc2cc(O)ccc2c1.Oc1cccc2ccccc12. The molecule has 2 nitrogen and oxygen atoms in total. The predicted octanol–water partition coefficient (Wildman–Crippen LogP) is 8.27. The summed E-state index contributed by atoms with van der Waals surface area (Å²) < 4.78 is 0. The third-order valence-electron chi connectivity index (χ3n) is 4.28. The van der Waals surface area contributed by atoms with E-state index in [9.17, 15) is 10.2 Å². The van der Waals surface area contributed by atoms with Crippen LogP contribution in [0, 0.1) is 0 Å². The summed E-state index contributed by atoms with van der Waals surface area (Å²) in [6.07, 6.45) is 0. The second-order valence-corrected chi connectivity index (χ2v) is 6.44. The fourth-order valence-electron chi connectivity index (χ4n) is 2.82. The van der Waals surface area contributed by atoms with Crippen molar-refractivity contribution in [2.24, 2.45) is 0 Å². The summed E-state index contributed by atoms with van der Waals surface area (Å²) in [7, 11) is 0. The lowest BCUT2D eigenvalue weighted by atomic mass is 9.99. The van der Waals surface area contributed by atoms with Crippen LogP contribution in [-0.2, 0) is 0 Å². The third kappa shape index (κ3) is 6.83. The van der Waals surface area contributed by atoms with E-state index in [1.54, 1.807) is 18.2 Å². The first kappa shape index (κ1) is 24.0. The average molecular weight is 391 g/mol. The van der Waals surface area contributed by atoms with Crippen LogP contribution in [0.25, 0.3) is 21.5 Å². The van der Waals surface area contributed by atoms with Gasteiger partial charge in [0.15, 0.2) is 0 Å². The monoisotopic (exact) mass is 390 g/mol. The van der Waals surface area contributed by atoms with Gasteiger partial charge < -0.3 is 10.2 Å². The maximum atomic E-state index is 9.37. The van der Waals surface area contributed by atoms with E-state index in [1.165, 1.54) is 10.9 Å². The van der Waals surface area contributed by atoms with E-state index < -0.39 is 0 Å². The lowest BCUT2D eigenvalue weighted by Crippen LogP contribution is -1.86. The Balaban J connectivity index is 0.000000252. The van der Waals surface area contributed by atoms with Gasteiger partial charge in [-0.3, -0.25) is 0 Å². The molecular formula is C27H34O2. The van der Waals surface area contributed by atoms with Gasteiger partial charge in [-0.25, -0.2) is 0 Å². The molecule has 4 rings (SSSR count). The molecule has 4 aromatic carbocycles. The first-order valence-corrected chi connectivity index (χ1v) is 10.4. The summed E-state index contributed by atoms with van der Waals surface area (Å²) in [6.45, 7) is 12.4. The van der Waals surface area contributed by atoms with Gasteiger partial charge in [0.2, 0.25) is 0 Å². The van der Waals surface area contributed by atoms with E-state index in [4.69, 9.17) is 0 Å². The summed E-state index contributed by atoms with van der Waals surface area (Å²) in [6, 6.07) is 25.1. The molecule has 0 saturated heterocycles. The highest BCUT2D eigenvalue weighted by Gasteiger charge is 2.00. The number of fused-ring (bicyclic) bond motifs is 2. The Morgan fingerprint density at radius 3 is 1.83 bits per heavy atom. The Labute approximate surface area is 175 Å². The van der Waals surface area contributed by atoms with Gasteiger partial charge in [-0.15, -0.1) is 0 Å². The molecule has 0 heterocycles. The normalized spacial score (nSPS) is 9.62. The number of hydrogen-bond donors (Lipinski definition) is 2. The molecule has 154 valence electrons. The average Bonchev–Trinajstić information content (AvgIpc) is 2.77. The molecule has 0 unspecified atom stereocenters. The highest BCUT2D eigenvalue weighted by Crippen LogP contribution is 2.24. The molecule has 0 fully saturated rings. The quantitative estimate of drug-likeness (QED) is 0.343. The largest absolute Gasteiger partial charge is 0.508 e. The Kier molecular flexibility index (Phi) is 10.3. The number of benzene rings is 4. The summed E-state index contributed by atoms with van der Waals surface area (Å²) in [4.78, 5) is 0. The van der Waals surface area contributed by atoms with Gasteiger partial charge in [0.25, 0.3) is 0 Å². The minimum absolute atomic E-state index is 0.329. The van der Waals surface area contributed by atoms with Crippen LogP contribution in [0.1, 0.15) is 53.0 Å². The summed E-state index contributed by atoms with van der Waals surface area (Å²) in [5, 5.41) is 22.9. The Hall–Kier alpha value is -3.00. The Morgan fingerprint density at radius 2 is 1.17 bits per heavy atom. The lowest BCUT2D eigenvalue weighted by molar-refractivity contribution is 0.476. The van der Waals surface area contributed by atoms with Gasteiger partial charge in [0, 0.05) is 5.39 Å². The molecule has 0 aliphatic heterocycles. The second kappa shape index (κ2) is 12.5. The minimum Gasteiger partial charge on any atom is -0.508 e. The highest BCUT2D eigenvalue weighted by molar-refractivity contribution is 5.87. The van der Waals surface area contributed by atoms with Crippen molar-refractivity contribution in [1.82, 2.24) is 0 Å². The molecule has 2 heteroatoms. The van der Waals surface area contributed by atoms with Crippen molar-refractivity contribution in [3.63, 3.8) is 0 Å². The van der Waals surface area contributed by atoms with Crippen molar-refractivity contribution in [2.75, 3.05) is 0 Å². The van der Waals surface area contributed by atoms with E-state index >= 15 is 0 Å². The molecule has 0 atom stereocenters. The van der Waals surface area contributed by atoms with Gasteiger partial charge in [-0.05, 0) is 45.8 Å². The van der Waals surface area contributed by atoms with Crippen molar-refractivity contribution in [1.29, 1.82) is 0 Å². The van der Waals surface area contributed by atoms with E-state index in [1.807, 2.05) is 70.2 Å². The molecule has 0 radical (unpaired) electrons. The van der Waals surface area contributed by atoms with Crippen molar-refractivity contribution in [3.8, 4) is 11.5 Å². The molecule has 29 heavy (non-hydrogen) atoms. The van der Waals surface area contributed by atoms with Crippen LogP contribution in [0.3, 0.4) is 0 Å². The number of rotatable bonds is 1. The second-order valence-electron chi connectivity index (χ2n) is 6.44. The van der Waals surface area contributed by atoms with Crippen LogP contribution in [0.15, 0.2) is 78.9 Å². The van der Waals surface area contributed by atoms with Crippen molar-refractivity contribution >= 4 is 21.5 Å². The Bertz CT molecular complexity index is 998. The van der Waals surface area contributed by atoms with Gasteiger partial charge in [0.05, 0.1) is 0 Å². The molecule has 0 amide bonds. The molecule has 0 aliphatic carbocycles. The van der Waals surface area contributed by atoms with Crippen LogP contribution < -0.4 is 0 Å². The molecule has 2 N–H and O–H groups in total. The zero-order chi connectivity index (χ0) is 21.8. The number of phenols is 2. The molecule has 0 spiro atoms. The highest BCUT2D eigenvalue weighted by atomic mass is 16.3. The van der Waals surface area contributed by atoms with Crippen LogP contribution in [0.5, 0.6) is 11.5 Å². The summed E-state index contributed by atoms with van der Waals surface area (Å²) in [5.74, 6) is 1.23. The topological polar surface area (TPSA) is 40.5 Å². The fraction of sp³-hybridized carbons (Fsp3) is 0.259. The summed E-state index contributed by atoms with van der Waals surface area (Å²) >= 11 is 0. The molecule has 0 aromatic heterocycles. The Morgan fingerprint density at radius 1 is 0.586 bits per heavy atom. The van der Waals surface area contributed by atoms with Gasteiger partial charge in [-0.1, -0.05) is 102 Å². The van der Waals surface area contributed by atoms with Crippen molar-refractivity contribution in [3.05, 3.63) is 84.4 Å². The predicted molar refractivity (Wildman–Crippen MR) is 128 cm³/mol. The van der Waals surface area contributed by atoms with Crippen molar-refractivity contribution in [2.45, 2.75) is 47.5 Å². The molecule has 4 aromatic rings. The van der Waals surface area contributed by atoms with Crippen LogP contribution >= 0.6 is 0 Å². The molecular weight excluding hydrogens is 356 g/mol. The van der Waals surface area contributed by atoms with Crippen LogP contribution in [-0.4, -0.2) is 10.2 Å². The molecule has 0 saturated carbocycles. The third-order valence-corrected chi connectivity index (χ3v) is 4.28. The fourth-order valence-corrected chi connectivity index (χ4v) is 2.82. The van der Waals surface area contributed by atoms with Gasteiger partial charge >= 0.3 is 0 Å². The smallest absolute Gasteiger partial charge is 0.123 e. The maximum absolute atomic E-state index is 9.37. The van der Waals surface area contributed by atoms with E-state index in [0.29, 0.717) is 17.4 Å². The molecule has 0 aliphatic rings. The number of aromatic hydroxyl groups is 2. The van der Waals surface area contributed by atoms with E-state index in [-0.39, 0.29) is 0 Å².